The maximum Gasteiger partial charge on any atom is 0.407 e. The minimum absolute atomic E-state index is 0.265. The predicted molar refractivity (Wildman–Crippen MR) is 146 cm³/mol. The highest BCUT2D eigenvalue weighted by molar-refractivity contribution is 5.68. The molecule has 3 aliphatic rings. The topological polar surface area (TPSA) is 44.8 Å². The van der Waals surface area contributed by atoms with Crippen molar-refractivity contribution >= 4 is 6.09 Å². The summed E-state index contributed by atoms with van der Waals surface area (Å²) in [5.74, 6) is 1.56. The fourth-order valence-electron chi connectivity index (χ4n) is 5.53. The van der Waals surface area contributed by atoms with Crippen LogP contribution in [0.1, 0.15) is 114 Å². The lowest BCUT2D eigenvalue weighted by Crippen LogP contribution is -2.52. The average Bonchev–Trinajstić information content (AvgIpc) is 2.81. The molecule has 0 aromatic rings. The molecule has 1 aliphatic heterocycles. The number of piperazine rings is 1. The van der Waals surface area contributed by atoms with Crippen LogP contribution in [0.15, 0.2) is 11.8 Å². The molecule has 2 fully saturated rings. The van der Waals surface area contributed by atoms with E-state index < -0.39 is 5.60 Å². The Labute approximate surface area is 212 Å². The summed E-state index contributed by atoms with van der Waals surface area (Å²) in [6, 6.07) is 0.942. The van der Waals surface area contributed by atoms with E-state index >= 15 is 0 Å². The zero-order valence-corrected chi connectivity index (χ0v) is 24.1. The van der Waals surface area contributed by atoms with Gasteiger partial charge in [0.05, 0.1) is 0 Å². The average molecular weight is 480 g/mol. The van der Waals surface area contributed by atoms with Gasteiger partial charge in [-0.25, -0.2) is 4.79 Å². The molecule has 1 saturated carbocycles. The van der Waals surface area contributed by atoms with Crippen molar-refractivity contribution in [3.8, 4) is 0 Å². The number of allylic oxidation sites excluding steroid dienone is 2. The van der Waals surface area contributed by atoms with Gasteiger partial charge in [0.25, 0.3) is 0 Å². The van der Waals surface area contributed by atoms with Crippen molar-refractivity contribution in [1.29, 1.82) is 0 Å². The van der Waals surface area contributed by atoms with Crippen LogP contribution in [0.4, 0.5) is 4.79 Å². The first-order chi connectivity index (χ1) is 16.2. The lowest BCUT2D eigenvalue weighted by Gasteiger charge is -2.45. The maximum absolute atomic E-state index is 12.0. The van der Waals surface area contributed by atoms with E-state index in [0.29, 0.717) is 6.04 Å². The zero-order valence-electron chi connectivity index (χ0n) is 24.1. The number of hydrogen-bond acceptors (Lipinski definition) is 4. The SMILES string of the molecule is CC.CC.CC(C)CC1CCCC=C1N1CCN(C2CCC(NC(=O)OC(C)(C)C)CC2)CC1. The minimum atomic E-state index is -0.428. The van der Waals surface area contributed by atoms with Crippen molar-refractivity contribution in [3.63, 3.8) is 0 Å². The van der Waals surface area contributed by atoms with Gasteiger partial charge in [0, 0.05) is 44.0 Å². The summed E-state index contributed by atoms with van der Waals surface area (Å²) < 4.78 is 5.41. The third-order valence-corrected chi connectivity index (χ3v) is 6.90. The van der Waals surface area contributed by atoms with Crippen LogP contribution < -0.4 is 5.32 Å². The highest BCUT2D eigenvalue weighted by atomic mass is 16.6. The molecule has 0 aromatic heterocycles. The van der Waals surface area contributed by atoms with Crippen LogP contribution in [0, 0.1) is 11.8 Å². The summed E-state index contributed by atoms with van der Waals surface area (Å²) in [5, 5.41) is 3.07. The molecule has 0 radical (unpaired) electrons. The Morgan fingerprint density at radius 2 is 1.59 bits per heavy atom. The smallest absolute Gasteiger partial charge is 0.407 e. The van der Waals surface area contributed by atoms with E-state index in [-0.39, 0.29) is 12.1 Å². The Hall–Kier alpha value is -1.23. The van der Waals surface area contributed by atoms with Gasteiger partial charge in [-0.1, -0.05) is 47.6 Å². The number of carbonyl (C=O) groups excluding carboxylic acids is 1. The van der Waals surface area contributed by atoms with Gasteiger partial charge in [-0.15, -0.1) is 0 Å². The van der Waals surface area contributed by atoms with E-state index in [9.17, 15) is 4.79 Å². The molecule has 200 valence electrons. The number of rotatable bonds is 5. The Morgan fingerprint density at radius 1 is 1.00 bits per heavy atom. The second kappa shape index (κ2) is 15.7. The lowest BCUT2D eigenvalue weighted by molar-refractivity contribution is 0.0457. The zero-order chi connectivity index (χ0) is 25.7. The molecular weight excluding hydrogens is 422 g/mol. The molecule has 34 heavy (non-hydrogen) atoms. The molecule has 1 N–H and O–H groups in total. The maximum atomic E-state index is 12.0. The molecule has 0 aromatic carbocycles. The van der Waals surface area contributed by atoms with Gasteiger partial charge in [0.15, 0.2) is 0 Å². The van der Waals surface area contributed by atoms with E-state index in [1.165, 1.54) is 64.7 Å². The summed E-state index contributed by atoms with van der Waals surface area (Å²) in [6.07, 6.45) is 12.1. The second-order valence-electron chi connectivity index (χ2n) is 11.1. The van der Waals surface area contributed by atoms with Crippen LogP contribution in [-0.2, 0) is 4.74 Å². The van der Waals surface area contributed by atoms with Crippen molar-refractivity contribution < 1.29 is 9.53 Å². The number of carbonyl (C=O) groups is 1. The number of amides is 1. The van der Waals surface area contributed by atoms with Gasteiger partial charge in [-0.3, -0.25) is 4.90 Å². The van der Waals surface area contributed by atoms with Gasteiger partial charge < -0.3 is 15.0 Å². The largest absolute Gasteiger partial charge is 0.444 e. The number of ether oxygens (including phenoxy) is 1. The molecule has 1 heterocycles. The van der Waals surface area contributed by atoms with E-state index in [4.69, 9.17) is 4.74 Å². The van der Waals surface area contributed by atoms with E-state index in [1.807, 2.05) is 48.5 Å². The van der Waals surface area contributed by atoms with Crippen molar-refractivity contribution in [2.45, 2.75) is 131 Å². The van der Waals surface area contributed by atoms with Crippen LogP contribution in [0.25, 0.3) is 0 Å². The first-order valence-electron chi connectivity index (χ1n) is 14.4. The molecule has 1 atom stereocenters. The van der Waals surface area contributed by atoms with E-state index in [2.05, 4.69) is 35.0 Å². The normalized spacial score (nSPS) is 25.9. The monoisotopic (exact) mass is 479 g/mol. The van der Waals surface area contributed by atoms with Crippen molar-refractivity contribution in [1.82, 2.24) is 15.1 Å². The Balaban J connectivity index is 0.00000137. The highest BCUT2D eigenvalue weighted by Crippen LogP contribution is 2.33. The van der Waals surface area contributed by atoms with Gasteiger partial charge in [-0.2, -0.15) is 0 Å². The highest BCUT2D eigenvalue weighted by Gasteiger charge is 2.31. The van der Waals surface area contributed by atoms with Crippen LogP contribution in [0.5, 0.6) is 0 Å². The Bertz CT molecular complexity index is 581. The summed E-state index contributed by atoms with van der Waals surface area (Å²) in [6.45, 7) is 23.2. The second-order valence-corrected chi connectivity index (χ2v) is 11.1. The first kappa shape index (κ1) is 30.8. The summed E-state index contributed by atoms with van der Waals surface area (Å²) in [4.78, 5) is 17.4. The van der Waals surface area contributed by atoms with Gasteiger partial charge >= 0.3 is 6.09 Å². The molecule has 1 unspecified atom stereocenters. The minimum Gasteiger partial charge on any atom is -0.444 e. The molecular formula is C29H57N3O2. The molecule has 5 nitrogen and oxygen atoms in total. The van der Waals surface area contributed by atoms with Gasteiger partial charge in [0.2, 0.25) is 0 Å². The molecule has 2 aliphatic carbocycles. The van der Waals surface area contributed by atoms with Crippen LogP contribution >= 0.6 is 0 Å². The van der Waals surface area contributed by atoms with E-state index in [0.717, 1.165) is 24.7 Å². The Kier molecular flexibility index (Phi) is 14.2. The third-order valence-electron chi connectivity index (χ3n) is 6.90. The number of alkyl carbamates (subject to hydrolysis) is 1. The predicted octanol–water partition coefficient (Wildman–Crippen LogP) is 7.22. The number of nitrogens with zero attached hydrogens (tertiary/aromatic N) is 2. The molecule has 0 bridgehead atoms. The van der Waals surface area contributed by atoms with Crippen molar-refractivity contribution in [2.24, 2.45) is 11.8 Å². The third kappa shape index (κ3) is 10.6. The number of hydrogen-bond donors (Lipinski definition) is 1. The standard InChI is InChI=1S/C25H45N3O2.2C2H6/c1-19(2)18-20-8-6-7-9-23(20)28-16-14-27(15-17-28)22-12-10-21(11-13-22)26-24(29)30-25(3,4)5;2*1-2/h9,19-22H,6-8,10-18H2,1-5H3,(H,26,29);2*1-2H3. The lowest BCUT2D eigenvalue weighted by atomic mass is 9.84. The molecule has 1 amide bonds. The number of nitrogens with one attached hydrogen (secondary N) is 1. The van der Waals surface area contributed by atoms with Crippen molar-refractivity contribution in [2.75, 3.05) is 26.2 Å². The van der Waals surface area contributed by atoms with Gasteiger partial charge in [0.1, 0.15) is 5.60 Å². The fraction of sp³-hybridized carbons (Fsp3) is 0.897. The molecule has 5 heteroatoms. The summed E-state index contributed by atoms with van der Waals surface area (Å²) in [5.41, 5.74) is 1.22. The van der Waals surface area contributed by atoms with Crippen molar-refractivity contribution in [3.05, 3.63) is 11.8 Å². The Morgan fingerprint density at radius 3 is 2.12 bits per heavy atom. The van der Waals surface area contributed by atoms with Crippen LogP contribution in [0.3, 0.4) is 0 Å². The molecule has 0 spiro atoms. The van der Waals surface area contributed by atoms with Crippen LogP contribution in [0.2, 0.25) is 0 Å². The first-order valence-corrected chi connectivity index (χ1v) is 14.4. The quantitative estimate of drug-likeness (QED) is 0.452. The van der Waals surface area contributed by atoms with Gasteiger partial charge in [-0.05, 0) is 84.0 Å². The van der Waals surface area contributed by atoms with E-state index in [1.54, 1.807) is 5.70 Å². The summed E-state index contributed by atoms with van der Waals surface area (Å²) in [7, 11) is 0. The molecule has 1 saturated heterocycles. The molecule has 3 rings (SSSR count). The summed E-state index contributed by atoms with van der Waals surface area (Å²) >= 11 is 0. The fourth-order valence-corrected chi connectivity index (χ4v) is 5.53. The van der Waals surface area contributed by atoms with Crippen LogP contribution in [-0.4, -0.2) is 59.8 Å².